The normalized spacial score (nSPS) is 28.9. The van der Waals surface area contributed by atoms with Gasteiger partial charge in [0.15, 0.2) is 6.29 Å². The fourth-order valence-corrected chi connectivity index (χ4v) is 10.3. The fourth-order valence-electron chi connectivity index (χ4n) is 10.3. The molecular formula is C46H55N3O6. The van der Waals surface area contributed by atoms with Crippen LogP contribution in [-0.4, -0.2) is 58.0 Å². The molecule has 0 aromatic heterocycles. The van der Waals surface area contributed by atoms with Crippen LogP contribution in [0.4, 0.5) is 4.79 Å². The number of phenolic OH excluding ortho intramolecular Hbond substituents is 1. The second kappa shape index (κ2) is 16.1. The first kappa shape index (κ1) is 37.7. The van der Waals surface area contributed by atoms with Gasteiger partial charge in [0.1, 0.15) is 5.75 Å². The lowest BCUT2D eigenvalue weighted by atomic mass is 9.53. The molecule has 1 saturated heterocycles. The maximum Gasteiger partial charge on any atom is 0.315 e. The van der Waals surface area contributed by atoms with Crippen molar-refractivity contribution in [2.24, 2.45) is 23.7 Å². The van der Waals surface area contributed by atoms with Crippen LogP contribution in [0, 0.1) is 23.7 Å². The molecule has 5 fully saturated rings. The smallest absolute Gasteiger partial charge is 0.315 e. The van der Waals surface area contributed by atoms with E-state index in [0.717, 1.165) is 70.4 Å². The first-order chi connectivity index (χ1) is 26.6. The Labute approximate surface area is 324 Å². The van der Waals surface area contributed by atoms with Crippen molar-refractivity contribution in [3.63, 3.8) is 0 Å². The molecule has 9 rings (SSSR count). The third kappa shape index (κ3) is 8.61. The molecule has 5 unspecified atom stereocenters. The maximum atomic E-state index is 13.1. The molecule has 290 valence electrons. The molecule has 2 amide bonds. The summed E-state index contributed by atoms with van der Waals surface area (Å²) in [7, 11) is 1.96. The summed E-state index contributed by atoms with van der Waals surface area (Å²) in [4.78, 5) is 15.2. The molecule has 0 spiro atoms. The van der Waals surface area contributed by atoms with Crippen LogP contribution in [0.25, 0.3) is 11.1 Å². The molecule has 4 aromatic carbocycles. The maximum absolute atomic E-state index is 13.1. The van der Waals surface area contributed by atoms with Gasteiger partial charge in [-0.15, -0.1) is 0 Å². The van der Waals surface area contributed by atoms with E-state index in [0.29, 0.717) is 25.2 Å². The average molecular weight is 746 g/mol. The number of hydrogen-bond acceptors (Lipinski definition) is 7. The van der Waals surface area contributed by atoms with Crippen LogP contribution in [-0.2, 0) is 22.6 Å². The first-order valence-corrected chi connectivity index (χ1v) is 20.0. The van der Waals surface area contributed by atoms with Crippen LogP contribution >= 0.6 is 0 Å². The Bertz CT molecular complexity index is 1900. The number of nitrogens with one attached hydrogen (secondary N) is 2. The van der Waals surface area contributed by atoms with E-state index in [4.69, 9.17) is 9.47 Å². The van der Waals surface area contributed by atoms with Gasteiger partial charge in [-0.05, 0) is 115 Å². The molecule has 55 heavy (non-hydrogen) atoms. The lowest BCUT2D eigenvalue weighted by Crippen LogP contribution is -2.61. The first-order valence-electron chi connectivity index (χ1n) is 20.0. The van der Waals surface area contributed by atoms with Crippen molar-refractivity contribution in [1.82, 2.24) is 15.5 Å². The van der Waals surface area contributed by atoms with E-state index in [-0.39, 0.29) is 42.1 Å². The predicted octanol–water partition coefficient (Wildman–Crippen LogP) is 7.78. The Morgan fingerprint density at radius 2 is 1.51 bits per heavy atom. The van der Waals surface area contributed by atoms with Gasteiger partial charge in [0.2, 0.25) is 0 Å². The highest BCUT2D eigenvalue weighted by Gasteiger charge is 2.51. The molecule has 4 bridgehead atoms. The number of nitrogens with zero attached hydrogens (tertiary/aromatic N) is 1. The summed E-state index contributed by atoms with van der Waals surface area (Å²) < 4.78 is 13.4. The average Bonchev–Trinajstić information content (AvgIpc) is 3.17. The van der Waals surface area contributed by atoms with E-state index in [1.165, 1.54) is 19.3 Å². The fraction of sp³-hybridized carbons (Fsp3) is 0.457. The van der Waals surface area contributed by atoms with Gasteiger partial charge in [-0.2, -0.15) is 0 Å². The van der Waals surface area contributed by atoms with Crippen molar-refractivity contribution in [3.8, 4) is 16.9 Å². The Morgan fingerprint density at radius 1 is 0.836 bits per heavy atom. The monoisotopic (exact) mass is 745 g/mol. The van der Waals surface area contributed by atoms with Gasteiger partial charge in [-0.3, -0.25) is 0 Å². The standard InChI is InChI=1S/C46H55N3O6/c1-29-42(27-49(2)26-41(52)39-7-4-8-40(51)21-39)54-44(55-43(29)36-11-9-30(28-50)10-12-36)37-15-13-35(14-16-37)38-6-3-5-31(20-38)25-47-45(53)48-46-22-32-17-33(23-46)19-34(18-32)24-46/h3-16,20-21,29,32-34,41-44,50-52H,17-19,22-28H2,1-2H3,(H2,47,48,53). The van der Waals surface area contributed by atoms with Crippen molar-refractivity contribution in [3.05, 3.63) is 125 Å². The summed E-state index contributed by atoms with van der Waals surface area (Å²) in [6, 6.07) is 31.2. The number of ether oxygens (including phenoxy) is 2. The number of phenols is 1. The van der Waals surface area contributed by atoms with Crippen molar-refractivity contribution in [2.45, 2.75) is 88.7 Å². The number of likely N-dealkylation sites (N-methyl/N-ethyl adjacent to an activating group) is 1. The molecule has 4 saturated carbocycles. The molecule has 4 aliphatic carbocycles. The summed E-state index contributed by atoms with van der Waals surface area (Å²) in [6.07, 6.45) is 5.59. The number of carbonyl (C=O) groups is 1. The minimum Gasteiger partial charge on any atom is -0.508 e. The Balaban J connectivity index is 0.933. The minimum absolute atomic E-state index is 0.0107. The molecule has 9 nitrogen and oxygen atoms in total. The summed E-state index contributed by atoms with van der Waals surface area (Å²) >= 11 is 0. The van der Waals surface area contributed by atoms with Crippen LogP contribution in [0.1, 0.15) is 91.8 Å². The molecule has 5 N–H and O–H groups in total. The summed E-state index contributed by atoms with van der Waals surface area (Å²) in [5, 5.41) is 37.1. The number of urea groups is 1. The van der Waals surface area contributed by atoms with E-state index in [9.17, 15) is 20.1 Å². The Morgan fingerprint density at radius 3 is 2.18 bits per heavy atom. The number of benzene rings is 4. The summed E-state index contributed by atoms with van der Waals surface area (Å²) in [6.45, 7) is 3.50. The minimum atomic E-state index is -0.768. The second-order valence-corrected chi connectivity index (χ2v) is 17.0. The van der Waals surface area contributed by atoms with Gasteiger partial charge in [-0.25, -0.2) is 4.79 Å². The van der Waals surface area contributed by atoms with Gasteiger partial charge in [0, 0.05) is 36.7 Å². The van der Waals surface area contributed by atoms with Gasteiger partial charge >= 0.3 is 6.03 Å². The molecular weight excluding hydrogens is 691 g/mol. The number of aliphatic hydroxyl groups excluding tert-OH is 2. The second-order valence-electron chi connectivity index (χ2n) is 17.0. The largest absolute Gasteiger partial charge is 0.508 e. The topological polar surface area (TPSA) is 124 Å². The molecule has 9 heteroatoms. The van der Waals surface area contributed by atoms with Crippen LogP contribution in [0.5, 0.6) is 5.75 Å². The molecule has 0 radical (unpaired) electrons. The van der Waals surface area contributed by atoms with E-state index in [1.54, 1.807) is 18.2 Å². The molecule has 5 aliphatic rings. The van der Waals surface area contributed by atoms with Crippen molar-refractivity contribution in [2.75, 3.05) is 20.1 Å². The highest BCUT2D eigenvalue weighted by Crippen LogP contribution is 2.55. The Hall–Kier alpha value is -4.25. The summed E-state index contributed by atoms with van der Waals surface area (Å²) in [5.74, 6) is 2.46. The SMILES string of the molecule is CC1C(CN(C)CC(O)c2cccc(O)c2)OC(c2ccc(-c3cccc(CNC(=O)NC45CC6CC(CC(C6)C4)C5)c3)cc2)OC1c1ccc(CO)cc1. The van der Waals surface area contributed by atoms with Gasteiger partial charge < -0.3 is 40.3 Å². The van der Waals surface area contributed by atoms with Crippen molar-refractivity contribution < 1.29 is 29.6 Å². The van der Waals surface area contributed by atoms with E-state index in [2.05, 4.69) is 64.9 Å². The van der Waals surface area contributed by atoms with E-state index in [1.807, 2.05) is 43.4 Å². The van der Waals surface area contributed by atoms with E-state index < -0.39 is 12.4 Å². The number of aromatic hydroxyl groups is 1. The number of rotatable bonds is 12. The quantitative estimate of drug-likeness (QED) is 0.100. The van der Waals surface area contributed by atoms with Crippen molar-refractivity contribution >= 4 is 6.03 Å². The summed E-state index contributed by atoms with van der Waals surface area (Å²) in [5.41, 5.74) is 6.58. The van der Waals surface area contributed by atoms with Gasteiger partial charge in [-0.1, -0.05) is 85.8 Å². The zero-order valence-electron chi connectivity index (χ0n) is 31.9. The number of amides is 2. The molecule has 1 heterocycles. The van der Waals surface area contributed by atoms with Crippen molar-refractivity contribution in [1.29, 1.82) is 0 Å². The molecule has 5 atom stereocenters. The zero-order valence-corrected chi connectivity index (χ0v) is 31.9. The highest BCUT2D eigenvalue weighted by atomic mass is 16.7. The highest BCUT2D eigenvalue weighted by molar-refractivity contribution is 5.75. The van der Waals surface area contributed by atoms with E-state index >= 15 is 0 Å². The molecule has 4 aromatic rings. The van der Waals surface area contributed by atoms with Crippen LogP contribution < -0.4 is 10.6 Å². The van der Waals surface area contributed by atoms with Gasteiger partial charge in [0.05, 0.1) is 24.9 Å². The Kier molecular flexibility index (Phi) is 11.0. The van der Waals surface area contributed by atoms with Gasteiger partial charge in [0.25, 0.3) is 0 Å². The lowest BCUT2D eigenvalue weighted by molar-refractivity contribution is -0.276. The molecule has 1 aliphatic heterocycles. The zero-order chi connectivity index (χ0) is 38.1. The van der Waals surface area contributed by atoms with Crippen LogP contribution in [0.15, 0.2) is 97.1 Å². The number of carbonyl (C=O) groups excluding carboxylic acids is 1. The lowest BCUT2D eigenvalue weighted by Gasteiger charge is -2.56. The van der Waals surface area contributed by atoms with Crippen LogP contribution in [0.3, 0.4) is 0 Å². The third-order valence-corrected chi connectivity index (χ3v) is 12.7. The number of hydrogen-bond donors (Lipinski definition) is 5. The number of aliphatic hydroxyl groups is 2. The van der Waals surface area contributed by atoms with Crippen LogP contribution in [0.2, 0.25) is 0 Å². The third-order valence-electron chi connectivity index (χ3n) is 12.7. The predicted molar refractivity (Wildman–Crippen MR) is 212 cm³/mol.